The summed E-state index contributed by atoms with van der Waals surface area (Å²) in [6, 6.07) is 75.4. The Hall–Kier alpha value is -7.23. The van der Waals surface area contributed by atoms with Gasteiger partial charge in [0.15, 0.2) is 17.5 Å². The average Bonchev–Trinajstić information content (AvgIpc) is 3.58. The first-order valence-electron chi connectivity index (χ1n) is 18.7. The SMILES string of the molecule is c1ccc(-c2nc(-c3ccccc3)nc(-c3cccc(-c4ccccc4-c4ccc5c(c4)C(c4ccccc4)(c4ccccc4)c4ccccc4-5)c3)n2)cc1. The number of benzene rings is 8. The molecule has 3 heteroatoms. The van der Waals surface area contributed by atoms with Crippen LogP contribution in [0, 0.1) is 0 Å². The summed E-state index contributed by atoms with van der Waals surface area (Å²) < 4.78 is 0. The molecule has 0 N–H and O–H groups in total. The molecule has 1 aromatic heterocycles. The lowest BCUT2D eigenvalue weighted by Gasteiger charge is -2.34. The molecule has 8 aromatic carbocycles. The first kappa shape index (κ1) is 32.4. The van der Waals surface area contributed by atoms with Gasteiger partial charge in [-0.25, -0.2) is 15.0 Å². The maximum atomic E-state index is 5.03. The van der Waals surface area contributed by atoms with Gasteiger partial charge in [0.2, 0.25) is 0 Å². The van der Waals surface area contributed by atoms with E-state index in [0.717, 1.165) is 27.8 Å². The van der Waals surface area contributed by atoms with Gasteiger partial charge in [0.25, 0.3) is 0 Å². The molecule has 258 valence electrons. The Morgan fingerprint density at radius 3 is 1.22 bits per heavy atom. The monoisotopic (exact) mass is 701 g/mol. The highest BCUT2D eigenvalue weighted by atomic mass is 15.0. The molecular weight excluding hydrogens is 667 g/mol. The molecule has 0 fully saturated rings. The van der Waals surface area contributed by atoms with E-state index in [1.165, 1.54) is 44.5 Å². The lowest BCUT2D eigenvalue weighted by atomic mass is 9.67. The Labute approximate surface area is 321 Å². The Balaban J connectivity index is 1.13. The summed E-state index contributed by atoms with van der Waals surface area (Å²) in [6.45, 7) is 0. The molecule has 0 saturated heterocycles. The maximum Gasteiger partial charge on any atom is 0.164 e. The van der Waals surface area contributed by atoms with E-state index in [1.54, 1.807) is 0 Å². The van der Waals surface area contributed by atoms with Gasteiger partial charge in [-0.15, -0.1) is 0 Å². The minimum Gasteiger partial charge on any atom is -0.208 e. The molecule has 3 nitrogen and oxygen atoms in total. The largest absolute Gasteiger partial charge is 0.208 e. The van der Waals surface area contributed by atoms with Crippen LogP contribution in [0.3, 0.4) is 0 Å². The summed E-state index contributed by atoms with van der Waals surface area (Å²) in [5.74, 6) is 1.93. The van der Waals surface area contributed by atoms with Gasteiger partial charge in [-0.1, -0.05) is 200 Å². The highest BCUT2D eigenvalue weighted by Crippen LogP contribution is 2.56. The Morgan fingerprint density at radius 2 is 0.655 bits per heavy atom. The van der Waals surface area contributed by atoms with Crippen LogP contribution in [-0.2, 0) is 5.41 Å². The van der Waals surface area contributed by atoms with Crippen molar-refractivity contribution in [1.29, 1.82) is 0 Å². The first-order chi connectivity index (χ1) is 27.3. The number of fused-ring (bicyclic) bond motifs is 3. The van der Waals surface area contributed by atoms with Crippen molar-refractivity contribution in [3.8, 4) is 67.5 Å². The van der Waals surface area contributed by atoms with Crippen molar-refractivity contribution < 1.29 is 0 Å². The van der Waals surface area contributed by atoms with Crippen LogP contribution in [0.25, 0.3) is 67.5 Å². The van der Waals surface area contributed by atoms with Crippen LogP contribution in [0.4, 0.5) is 0 Å². The molecule has 0 aliphatic heterocycles. The van der Waals surface area contributed by atoms with Crippen LogP contribution in [0.5, 0.6) is 0 Å². The smallest absolute Gasteiger partial charge is 0.164 e. The van der Waals surface area contributed by atoms with Gasteiger partial charge < -0.3 is 0 Å². The summed E-state index contributed by atoms with van der Waals surface area (Å²) >= 11 is 0. The van der Waals surface area contributed by atoms with Crippen LogP contribution in [0.15, 0.2) is 212 Å². The van der Waals surface area contributed by atoms with Gasteiger partial charge in [-0.05, 0) is 67.8 Å². The van der Waals surface area contributed by atoms with Gasteiger partial charge in [-0.2, -0.15) is 0 Å². The molecule has 0 atom stereocenters. The van der Waals surface area contributed by atoms with E-state index in [0.29, 0.717) is 17.5 Å². The molecule has 1 aliphatic rings. The van der Waals surface area contributed by atoms with Crippen molar-refractivity contribution in [3.05, 3.63) is 235 Å². The van der Waals surface area contributed by atoms with E-state index in [2.05, 4.69) is 152 Å². The predicted molar refractivity (Wildman–Crippen MR) is 224 cm³/mol. The zero-order valence-corrected chi connectivity index (χ0v) is 30.0. The Morgan fingerprint density at radius 1 is 0.255 bits per heavy atom. The molecule has 10 rings (SSSR count). The molecule has 0 bridgehead atoms. The van der Waals surface area contributed by atoms with Crippen molar-refractivity contribution in [2.75, 3.05) is 0 Å². The third kappa shape index (κ3) is 5.57. The van der Waals surface area contributed by atoms with Crippen LogP contribution < -0.4 is 0 Å². The average molecular weight is 702 g/mol. The predicted octanol–water partition coefficient (Wildman–Crippen LogP) is 12.6. The van der Waals surface area contributed by atoms with E-state index < -0.39 is 5.41 Å². The molecular formula is C52H35N3. The van der Waals surface area contributed by atoms with Crippen molar-refractivity contribution in [2.24, 2.45) is 0 Å². The van der Waals surface area contributed by atoms with Gasteiger partial charge in [-0.3, -0.25) is 0 Å². The summed E-state index contributed by atoms with van der Waals surface area (Å²) in [6.07, 6.45) is 0. The quantitative estimate of drug-likeness (QED) is 0.166. The minimum absolute atomic E-state index is 0.467. The molecule has 0 radical (unpaired) electrons. The van der Waals surface area contributed by atoms with Gasteiger partial charge in [0.1, 0.15) is 0 Å². The summed E-state index contributed by atoms with van der Waals surface area (Å²) in [5.41, 5.74) is 14.6. The van der Waals surface area contributed by atoms with Crippen molar-refractivity contribution in [1.82, 2.24) is 15.0 Å². The molecule has 9 aromatic rings. The third-order valence-corrected chi connectivity index (χ3v) is 10.8. The Bertz CT molecular complexity index is 2700. The number of hydrogen-bond acceptors (Lipinski definition) is 3. The Kier molecular flexibility index (Phi) is 8.04. The highest BCUT2D eigenvalue weighted by Gasteiger charge is 2.46. The summed E-state index contributed by atoms with van der Waals surface area (Å²) in [4.78, 5) is 15.0. The number of aromatic nitrogens is 3. The lowest BCUT2D eigenvalue weighted by Crippen LogP contribution is -2.28. The van der Waals surface area contributed by atoms with Crippen molar-refractivity contribution in [3.63, 3.8) is 0 Å². The maximum absolute atomic E-state index is 5.03. The highest BCUT2D eigenvalue weighted by molar-refractivity contribution is 5.91. The number of rotatable bonds is 7. The fraction of sp³-hybridized carbons (Fsp3) is 0.0192. The second kappa shape index (κ2) is 13.6. The summed E-state index contributed by atoms with van der Waals surface area (Å²) in [5, 5.41) is 0. The van der Waals surface area contributed by atoms with Crippen LogP contribution in [0.2, 0.25) is 0 Å². The van der Waals surface area contributed by atoms with Crippen LogP contribution >= 0.6 is 0 Å². The molecule has 0 saturated carbocycles. The van der Waals surface area contributed by atoms with E-state index >= 15 is 0 Å². The molecule has 0 spiro atoms. The molecule has 55 heavy (non-hydrogen) atoms. The van der Waals surface area contributed by atoms with Gasteiger partial charge >= 0.3 is 0 Å². The zero-order chi connectivity index (χ0) is 36.6. The zero-order valence-electron chi connectivity index (χ0n) is 30.0. The third-order valence-electron chi connectivity index (χ3n) is 10.8. The first-order valence-corrected chi connectivity index (χ1v) is 18.7. The van der Waals surface area contributed by atoms with Crippen LogP contribution in [0.1, 0.15) is 22.3 Å². The number of nitrogens with zero attached hydrogens (tertiary/aromatic N) is 3. The summed E-state index contributed by atoms with van der Waals surface area (Å²) in [7, 11) is 0. The lowest BCUT2D eigenvalue weighted by molar-refractivity contribution is 0.769. The second-order valence-electron chi connectivity index (χ2n) is 14.0. The van der Waals surface area contributed by atoms with E-state index in [9.17, 15) is 0 Å². The molecule has 0 amide bonds. The van der Waals surface area contributed by atoms with Crippen molar-refractivity contribution in [2.45, 2.75) is 5.41 Å². The van der Waals surface area contributed by atoms with Crippen LogP contribution in [-0.4, -0.2) is 15.0 Å². The molecule has 1 heterocycles. The fourth-order valence-electron chi connectivity index (χ4n) is 8.36. The normalized spacial score (nSPS) is 12.5. The standard InChI is InChI=1S/C52H35N3/c1-5-18-36(19-6-1)49-53-50(37-20-7-2-8-21-37)55-51(54-49)40-23-17-22-38(34-40)43-28-13-14-29-44(43)39-32-33-46-45-30-15-16-31-47(45)52(48(46)35-39,41-24-9-3-10-25-41)42-26-11-4-12-27-42/h1-35H. The van der Waals surface area contributed by atoms with E-state index in [1.807, 2.05) is 60.7 Å². The minimum atomic E-state index is -0.467. The van der Waals surface area contributed by atoms with Gasteiger partial charge in [0, 0.05) is 16.7 Å². The number of hydrogen-bond donors (Lipinski definition) is 0. The van der Waals surface area contributed by atoms with Gasteiger partial charge in [0.05, 0.1) is 5.41 Å². The topological polar surface area (TPSA) is 38.7 Å². The second-order valence-corrected chi connectivity index (χ2v) is 14.0. The van der Waals surface area contributed by atoms with E-state index in [4.69, 9.17) is 15.0 Å². The molecule has 1 aliphatic carbocycles. The van der Waals surface area contributed by atoms with Crippen molar-refractivity contribution >= 4 is 0 Å². The van der Waals surface area contributed by atoms with E-state index in [-0.39, 0.29) is 0 Å². The molecule has 0 unspecified atom stereocenters. The fourth-order valence-corrected chi connectivity index (χ4v) is 8.36.